The zero-order chi connectivity index (χ0) is 27.8. The molecule has 0 saturated heterocycles. The first-order valence-electron chi connectivity index (χ1n) is 13.3. The number of carbonyl (C=O) groups is 4. The van der Waals surface area contributed by atoms with Crippen LogP contribution in [0.2, 0.25) is 0 Å². The van der Waals surface area contributed by atoms with Crippen LogP contribution < -0.4 is 0 Å². The Labute approximate surface area is 222 Å². The smallest absolute Gasteiger partial charge is 0.180 e. The van der Waals surface area contributed by atoms with Crippen LogP contribution >= 0.6 is 0 Å². The molecule has 3 rings (SSSR count). The van der Waals surface area contributed by atoms with Gasteiger partial charge in [0.05, 0.1) is 10.8 Å². The Hall–Kier alpha value is -2.88. The van der Waals surface area contributed by atoms with Crippen LogP contribution in [0, 0.1) is 28.1 Å². The Balaban J connectivity index is 2.35. The first kappa shape index (κ1) is 28.7. The Morgan fingerprint density at radius 2 is 1.35 bits per heavy atom. The molecule has 1 aromatic carbocycles. The molecule has 0 spiro atoms. The van der Waals surface area contributed by atoms with E-state index in [2.05, 4.69) is 6.08 Å². The van der Waals surface area contributed by atoms with Gasteiger partial charge in [-0.05, 0) is 78.6 Å². The normalized spacial score (nSPS) is 28.4. The molecular weight excluding hydrogens is 460 g/mol. The van der Waals surface area contributed by atoms with E-state index in [0.29, 0.717) is 18.4 Å². The second-order valence-corrected chi connectivity index (χ2v) is 12.3. The van der Waals surface area contributed by atoms with E-state index in [9.17, 15) is 19.2 Å². The number of carbonyl (C=O) groups excluding carboxylic acids is 4. The van der Waals surface area contributed by atoms with Crippen molar-refractivity contribution in [1.82, 2.24) is 0 Å². The molecule has 2 bridgehead atoms. The molecule has 2 aliphatic rings. The molecule has 4 nitrogen and oxygen atoms in total. The summed E-state index contributed by atoms with van der Waals surface area (Å²) in [5.74, 6) is -3.37. The first-order chi connectivity index (χ1) is 17.2. The van der Waals surface area contributed by atoms with Crippen molar-refractivity contribution < 1.29 is 19.2 Å². The fourth-order valence-corrected chi connectivity index (χ4v) is 6.33. The fourth-order valence-electron chi connectivity index (χ4n) is 6.33. The first-order valence-corrected chi connectivity index (χ1v) is 13.3. The maximum absolute atomic E-state index is 14.7. The highest BCUT2D eigenvalue weighted by Gasteiger charge is 2.74. The van der Waals surface area contributed by atoms with Gasteiger partial charge in [-0.1, -0.05) is 79.1 Å². The zero-order valence-corrected chi connectivity index (χ0v) is 23.7. The van der Waals surface area contributed by atoms with E-state index in [4.69, 9.17) is 0 Å². The predicted octanol–water partition coefficient (Wildman–Crippen LogP) is 7.29. The molecule has 2 saturated carbocycles. The van der Waals surface area contributed by atoms with Crippen molar-refractivity contribution >= 4 is 23.1 Å². The maximum Gasteiger partial charge on any atom is 0.180 e. The summed E-state index contributed by atoms with van der Waals surface area (Å²) < 4.78 is 0. The van der Waals surface area contributed by atoms with Gasteiger partial charge < -0.3 is 0 Å². The molecule has 4 heteroatoms. The number of fused-ring (bicyclic) bond motifs is 2. The summed E-state index contributed by atoms with van der Waals surface area (Å²) in [5, 5.41) is 0. The van der Waals surface area contributed by atoms with Crippen LogP contribution in [0.5, 0.6) is 0 Å². The van der Waals surface area contributed by atoms with E-state index in [1.165, 1.54) is 0 Å². The van der Waals surface area contributed by atoms with Crippen molar-refractivity contribution in [2.75, 3.05) is 0 Å². The minimum Gasteiger partial charge on any atom is -0.297 e. The molecule has 4 unspecified atom stereocenters. The second-order valence-electron chi connectivity index (χ2n) is 12.3. The van der Waals surface area contributed by atoms with Crippen LogP contribution in [-0.2, 0) is 14.4 Å². The van der Waals surface area contributed by atoms with Crippen LogP contribution in [-0.4, -0.2) is 23.1 Å². The van der Waals surface area contributed by atoms with Crippen LogP contribution in [0.4, 0.5) is 0 Å². The number of Topliss-reactive ketones (excluding diaryl/α,β-unsaturated/α-hetero) is 4. The van der Waals surface area contributed by atoms with E-state index < -0.39 is 39.5 Å². The largest absolute Gasteiger partial charge is 0.297 e. The molecule has 37 heavy (non-hydrogen) atoms. The quantitative estimate of drug-likeness (QED) is 0.213. The summed E-state index contributed by atoms with van der Waals surface area (Å²) in [4.78, 5) is 57.4. The summed E-state index contributed by atoms with van der Waals surface area (Å²) in [6.45, 7) is 15.8. The van der Waals surface area contributed by atoms with Gasteiger partial charge in [-0.2, -0.15) is 0 Å². The highest BCUT2D eigenvalue weighted by Crippen LogP contribution is 2.65. The average Bonchev–Trinajstić information content (AvgIpc) is 2.82. The van der Waals surface area contributed by atoms with E-state index >= 15 is 0 Å². The number of hydrogen-bond acceptors (Lipinski definition) is 4. The van der Waals surface area contributed by atoms with Crippen LogP contribution in [0.1, 0.15) is 91.4 Å². The standard InChI is InChI=1S/C33H42O4/c1-21(2)14-15-25-20-32(18-16-22(3)4)28(35)26(27(34)24-12-10-9-11-13-24)29(36)33(30(32)37,31(25,7)8)19-17-23(5)6/h9-14,16-17,25-26H,15,18-20H2,1-8H3. The third kappa shape index (κ3) is 4.76. The molecule has 2 aliphatic carbocycles. The number of hydrogen-bond donors (Lipinski definition) is 0. The van der Waals surface area contributed by atoms with Gasteiger partial charge in [0.2, 0.25) is 0 Å². The molecular formula is C33H42O4. The third-order valence-electron chi connectivity index (χ3n) is 8.76. The molecule has 4 atom stereocenters. The van der Waals surface area contributed by atoms with Gasteiger partial charge in [-0.3, -0.25) is 19.2 Å². The van der Waals surface area contributed by atoms with Gasteiger partial charge in [-0.25, -0.2) is 0 Å². The van der Waals surface area contributed by atoms with E-state index in [1.807, 2.05) is 67.5 Å². The van der Waals surface area contributed by atoms with Gasteiger partial charge in [-0.15, -0.1) is 0 Å². The second kappa shape index (κ2) is 10.5. The minimum absolute atomic E-state index is 0.0723. The molecule has 0 N–H and O–H groups in total. The summed E-state index contributed by atoms with van der Waals surface area (Å²) in [5.41, 5.74) is -0.122. The van der Waals surface area contributed by atoms with E-state index in [0.717, 1.165) is 16.7 Å². The summed E-state index contributed by atoms with van der Waals surface area (Å²) in [7, 11) is 0. The lowest BCUT2D eigenvalue weighted by molar-refractivity contribution is -0.183. The van der Waals surface area contributed by atoms with Gasteiger partial charge in [0.1, 0.15) is 5.92 Å². The van der Waals surface area contributed by atoms with Crippen molar-refractivity contribution in [1.29, 1.82) is 0 Å². The van der Waals surface area contributed by atoms with Gasteiger partial charge in [0.15, 0.2) is 23.1 Å². The number of ketones is 4. The predicted molar refractivity (Wildman–Crippen MR) is 148 cm³/mol. The Kier molecular flexibility index (Phi) is 8.12. The van der Waals surface area contributed by atoms with Crippen molar-refractivity contribution in [3.8, 4) is 0 Å². The SMILES string of the molecule is CC(C)=CCC1CC2(CC=C(C)C)C(=O)C(C(=O)c3ccccc3)C(=O)C(CC=C(C)C)(C2=O)C1(C)C. The number of allylic oxidation sites excluding steroid dienone is 6. The van der Waals surface area contributed by atoms with Crippen LogP contribution in [0.3, 0.4) is 0 Å². The van der Waals surface area contributed by atoms with E-state index in [-0.39, 0.29) is 24.5 Å². The zero-order valence-electron chi connectivity index (χ0n) is 23.7. The topological polar surface area (TPSA) is 68.3 Å². The molecule has 0 amide bonds. The lowest BCUT2D eigenvalue weighted by Crippen LogP contribution is -2.72. The lowest BCUT2D eigenvalue weighted by atomic mass is 9.38. The van der Waals surface area contributed by atoms with Crippen molar-refractivity contribution in [2.45, 2.75) is 81.1 Å². The average molecular weight is 503 g/mol. The third-order valence-corrected chi connectivity index (χ3v) is 8.76. The molecule has 0 radical (unpaired) electrons. The van der Waals surface area contributed by atoms with E-state index in [1.54, 1.807) is 30.3 Å². The summed E-state index contributed by atoms with van der Waals surface area (Å²) >= 11 is 0. The summed E-state index contributed by atoms with van der Waals surface area (Å²) in [6, 6.07) is 8.54. The number of benzene rings is 1. The van der Waals surface area contributed by atoms with Crippen LogP contribution in [0.25, 0.3) is 0 Å². The minimum atomic E-state index is -1.47. The van der Waals surface area contributed by atoms with Crippen LogP contribution in [0.15, 0.2) is 65.3 Å². The van der Waals surface area contributed by atoms with Crippen molar-refractivity contribution in [3.63, 3.8) is 0 Å². The molecule has 2 fully saturated rings. The van der Waals surface area contributed by atoms with Gasteiger partial charge in [0.25, 0.3) is 0 Å². The molecule has 0 aromatic heterocycles. The van der Waals surface area contributed by atoms with Crippen molar-refractivity contribution in [2.24, 2.45) is 28.1 Å². The maximum atomic E-state index is 14.7. The molecule has 0 heterocycles. The fraction of sp³-hybridized carbons (Fsp3) is 0.515. The van der Waals surface area contributed by atoms with Gasteiger partial charge >= 0.3 is 0 Å². The molecule has 1 aromatic rings. The van der Waals surface area contributed by atoms with Crippen molar-refractivity contribution in [3.05, 3.63) is 70.8 Å². The number of rotatable bonds is 8. The molecule has 0 aliphatic heterocycles. The van der Waals surface area contributed by atoms with Gasteiger partial charge in [0, 0.05) is 5.56 Å². The highest BCUT2D eigenvalue weighted by atomic mass is 16.2. The summed E-state index contributed by atoms with van der Waals surface area (Å²) in [6.07, 6.45) is 7.44. The molecule has 198 valence electrons. The monoisotopic (exact) mass is 502 g/mol. The Bertz CT molecular complexity index is 1180. The Morgan fingerprint density at radius 3 is 1.89 bits per heavy atom. The lowest BCUT2D eigenvalue weighted by Gasteiger charge is -2.61. The Morgan fingerprint density at radius 1 is 0.811 bits per heavy atom. The highest BCUT2D eigenvalue weighted by molar-refractivity contribution is 6.38.